The minimum absolute atomic E-state index is 0. The normalized spacial score (nSPS) is 18.0. The number of rotatable bonds is 6. The van der Waals surface area contributed by atoms with E-state index in [1.54, 1.807) is 0 Å². The Hall–Kier alpha value is -0.0300. The summed E-state index contributed by atoms with van der Waals surface area (Å²) in [5.41, 5.74) is 5.91. The fraction of sp³-hybridized carbons (Fsp3) is 0.933. The van der Waals surface area contributed by atoms with Crippen LogP contribution in [0.4, 0.5) is 0 Å². The molecule has 21 heavy (non-hydrogen) atoms. The third-order valence-electron chi connectivity index (χ3n) is 3.62. The number of piperidine rings is 1. The zero-order chi connectivity index (χ0) is 14.4. The van der Waals surface area contributed by atoms with Gasteiger partial charge in [0.15, 0.2) is 0 Å². The maximum atomic E-state index is 12.0. The van der Waals surface area contributed by atoms with Crippen molar-refractivity contribution in [2.45, 2.75) is 59.0 Å². The van der Waals surface area contributed by atoms with Gasteiger partial charge in [-0.15, -0.1) is 24.8 Å². The molecule has 128 valence electrons. The highest BCUT2D eigenvalue weighted by atomic mass is 35.5. The molecule has 0 saturated carbocycles. The second-order valence-electron chi connectivity index (χ2n) is 6.71. The molecular formula is C15H33Cl2N3O. The zero-order valence-corrected chi connectivity index (χ0v) is 15.4. The summed E-state index contributed by atoms with van der Waals surface area (Å²) >= 11 is 0. The molecule has 6 heteroatoms. The summed E-state index contributed by atoms with van der Waals surface area (Å²) in [6.45, 7) is 12.0. The van der Waals surface area contributed by atoms with Gasteiger partial charge in [0.2, 0.25) is 5.91 Å². The van der Waals surface area contributed by atoms with Crippen LogP contribution in [0.15, 0.2) is 0 Å². The lowest BCUT2D eigenvalue weighted by Crippen LogP contribution is -2.50. The average molecular weight is 342 g/mol. The predicted octanol–water partition coefficient (Wildman–Crippen LogP) is 2.44. The molecule has 0 aromatic rings. The lowest BCUT2D eigenvalue weighted by molar-refractivity contribution is -0.123. The Morgan fingerprint density at radius 2 is 1.67 bits per heavy atom. The number of hydrogen-bond donors (Lipinski definition) is 2. The molecule has 3 N–H and O–H groups in total. The van der Waals surface area contributed by atoms with E-state index in [1.165, 1.54) is 0 Å². The first-order valence-corrected chi connectivity index (χ1v) is 7.66. The Labute approximate surface area is 142 Å². The molecule has 1 heterocycles. The molecular weight excluding hydrogens is 309 g/mol. The monoisotopic (exact) mass is 341 g/mol. The number of halogens is 2. The highest BCUT2D eigenvalue weighted by Gasteiger charge is 2.23. The molecule has 1 aliphatic heterocycles. The number of likely N-dealkylation sites (tertiary alicyclic amines) is 1. The van der Waals surface area contributed by atoms with Gasteiger partial charge < -0.3 is 16.0 Å². The number of nitrogens with one attached hydrogen (secondary N) is 1. The SMILES string of the molecule is CC(C)C[C@H](N)C(=O)NC1CCN(CC(C)C)CC1.Cl.Cl. The van der Waals surface area contributed by atoms with E-state index in [4.69, 9.17) is 5.73 Å². The topological polar surface area (TPSA) is 58.4 Å². The van der Waals surface area contributed by atoms with E-state index in [1.807, 2.05) is 0 Å². The van der Waals surface area contributed by atoms with Crippen molar-refractivity contribution in [3.05, 3.63) is 0 Å². The third-order valence-corrected chi connectivity index (χ3v) is 3.62. The first-order valence-electron chi connectivity index (χ1n) is 7.66. The molecule has 1 aliphatic rings. The summed E-state index contributed by atoms with van der Waals surface area (Å²) in [4.78, 5) is 14.4. The van der Waals surface area contributed by atoms with Crippen molar-refractivity contribution < 1.29 is 4.79 Å². The van der Waals surface area contributed by atoms with E-state index in [-0.39, 0.29) is 36.8 Å². The third kappa shape index (κ3) is 9.56. The number of amides is 1. The molecule has 4 nitrogen and oxygen atoms in total. The minimum Gasteiger partial charge on any atom is -0.352 e. The van der Waals surface area contributed by atoms with Crippen LogP contribution >= 0.6 is 24.8 Å². The molecule has 1 rings (SSSR count). The number of hydrogen-bond acceptors (Lipinski definition) is 3. The highest BCUT2D eigenvalue weighted by molar-refractivity contribution is 5.85. The van der Waals surface area contributed by atoms with E-state index in [0.29, 0.717) is 17.9 Å². The molecule has 0 aromatic carbocycles. The maximum absolute atomic E-state index is 12.0. The van der Waals surface area contributed by atoms with Gasteiger partial charge in [-0.05, 0) is 31.1 Å². The van der Waals surface area contributed by atoms with Gasteiger partial charge in [0.1, 0.15) is 0 Å². The number of nitrogens with two attached hydrogens (primary N) is 1. The van der Waals surface area contributed by atoms with E-state index in [9.17, 15) is 4.79 Å². The van der Waals surface area contributed by atoms with Crippen molar-refractivity contribution >= 4 is 30.7 Å². The van der Waals surface area contributed by atoms with Gasteiger partial charge in [-0.2, -0.15) is 0 Å². The Kier molecular flexibility index (Phi) is 12.8. The van der Waals surface area contributed by atoms with Crippen LogP contribution in [0, 0.1) is 11.8 Å². The molecule has 0 aromatic heterocycles. The Bertz CT molecular complexity index is 280. The minimum atomic E-state index is -0.353. The molecule has 1 amide bonds. The van der Waals surface area contributed by atoms with E-state index < -0.39 is 0 Å². The van der Waals surface area contributed by atoms with Crippen LogP contribution in [0.25, 0.3) is 0 Å². The maximum Gasteiger partial charge on any atom is 0.237 e. The molecule has 0 radical (unpaired) electrons. The van der Waals surface area contributed by atoms with Crippen LogP contribution in [0.2, 0.25) is 0 Å². The number of carbonyl (C=O) groups is 1. The van der Waals surface area contributed by atoms with Crippen molar-refractivity contribution in [1.29, 1.82) is 0 Å². The Balaban J connectivity index is 0. The van der Waals surface area contributed by atoms with Gasteiger partial charge in [-0.3, -0.25) is 4.79 Å². The Morgan fingerprint density at radius 3 is 2.10 bits per heavy atom. The Morgan fingerprint density at radius 1 is 1.14 bits per heavy atom. The van der Waals surface area contributed by atoms with E-state index in [2.05, 4.69) is 37.9 Å². The summed E-state index contributed by atoms with van der Waals surface area (Å²) in [6, 6.07) is -0.0391. The quantitative estimate of drug-likeness (QED) is 0.779. The first-order chi connectivity index (χ1) is 8.88. The predicted molar refractivity (Wildman–Crippen MR) is 94.4 cm³/mol. The van der Waals surface area contributed by atoms with E-state index in [0.717, 1.165) is 38.9 Å². The summed E-state index contributed by atoms with van der Waals surface area (Å²) in [7, 11) is 0. The lowest BCUT2D eigenvalue weighted by Gasteiger charge is -2.33. The molecule has 1 atom stereocenters. The first kappa shape index (κ1) is 23.2. The van der Waals surface area contributed by atoms with Crippen molar-refractivity contribution in [3.63, 3.8) is 0 Å². The molecule has 0 aliphatic carbocycles. The van der Waals surface area contributed by atoms with Gasteiger partial charge in [0.25, 0.3) is 0 Å². The summed E-state index contributed by atoms with van der Waals surface area (Å²) in [6.07, 6.45) is 2.86. The largest absolute Gasteiger partial charge is 0.352 e. The van der Waals surface area contributed by atoms with Crippen molar-refractivity contribution in [2.75, 3.05) is 19.6 Å². The van der Waals surface area contributed by atoms with Crippen molar-refractivity contribution in [3.8, 4) is 0 Å². The molecule has 1 fully saturated rings. The van der Waals surface area contributed by atoms with Crippen LogP contribution < -0.4 is 11.1 Å². The molecule has 0 unspecified atom stereocenters. The van der Waals surface area contributed by atoms with Crippen LogP contribution in [-0.4, -0.2) is 42.5 Å². The molecule has 0 spiro atoms. The average Bonchev–Trinajstić information content (AvgIpc) is 2.30. The van der Waals surface area contributed by atoms with Crippen molar-refractivity contribution in [1.82, 2.24) is 10.2 Å². The van der Waals surface area contributed by atoms with Gasteiger partial charge in [0.05, 0.1) is 6.04 Å². The second-order valence-corrected chi connectivity index (χ2v) is 6.71. The van der Waals surface area contributed by atoms with Crippen molar-refractivity contribution in [2.24, 2.45) is 17.6 Å². The number of carbonyl (C=O) groups excluding carboxylic acids is 1. The fourth-order valence-electron chi connectivity index (χ4n) is 2.70. The fourth-order valence-corrected chi connectivity index (χ4v) is 2.70. The van der Waals surface area contributed by atoms with Gasteiger partial charge in [0, 0.05) is 25.7 Å². The number of nitrogens with zero attached hydrogens (tertiary/aromatic N) is 1. The van der Waals surface area contributed by atoms with Crippen LogP contribution in [0.5, 0.6) is 0 Å². The molecule has 1 saturated heterocycles. The van der Waals surface area contributed by atoms with E-state index >= 15 is 0 Å². The van der Waals surface area contributed by atoms with Gasteiger partial charge >= 0.3 is 0 Å². The molecule has 0 bridgehead atoms. The summed E-state index contributed by atoms with van der Waals surface area (Å²) in [5.74, 6) is 1.20. The summed E-state index contributed by atoms with van der Waals surface area (Å²) in [5, 5.41) is 3.11. The van der Waals surface area contributed by atoms with Gasteiger partial charge in [-0.25, -0.2) is 0 Å². The second kappa shape index (κ2) is 11.5. The summed E-state index contributed by atoms with van der Waals surface area (Å²) < 4.78 is 0. The van der Waals surface area contributed by atoms with Gasteiger partial charge in [-0.1, -0.05) is 27.7 Å². The standard InChI is InChI=1S/C15H31N3O.2ClH/c1-11(2)9-14(16)15(19)17-13-5-7-18(8-6-13)10-12(3)4;;/h11-14H,5-10,16H2,1-4H3,(H,17,19);2*1H/t14-;;/m0../s1. The van der Waals surface area contributed by atoms with Crippen LogP contribution in [-0.2, 0) is 4.79 Å². The highest BCUT2D eigenvalue weighted by Crippen LogP contribution is 2.12. The van der Waals surface area contributed by atoms with Crippen LogP contribution in [0.3, 0.4) is 0 Å². The zero-order valence-electron chi connectivity index (χ0n) is 13.8. The smallest absolute Gasteiger partial charge is 0.237 e. The van der Waals surface area contributed by atoms with Crippen LogP contribution in [0.1, 0.15) is 47.0 Å². The lowest BCUT2D eigenvalue weighted by atomic mass is 10.0.